The molecule has 1 N–H and O–H groups in total. The maximum Gasteiger partial charge on any atom is 0.573 e. The van der Waals surface area contributed by atoms with Gasteiger partial charge in [0.15, 0.2) is 0 Å². The first-order chi connectivity index (χ1) is 11.9. The molecule has 0 spiro atoms. The number of hydrogen-bond donors (Lipinski definition) is 1. The number of nitrogens with zero attached hydrogens (tertiary/aromatic N) is 1. The highest BCUT2D eigenvalue weighted by Crippen LogP contribution is 2.39. The van der Waals surface area contributed by atoms with Gasteiger partial charge in [0.2, 0.25) is 0 Å². The van der Waals surface area contributed by atoms with Crippen LogP contribution < -0.4 is 14.8 Å². The van der Waals surface area contributed by atoms with Gasteiger partial charge in [0, 0.05) is 43.9 Å². The first kappa shape index (κ1) is 19.8. The Morgan fingerprint density at radius 2 is 1.92 bits per heavy atom. The summed E-state index contributed by atoms with van der Waals surface area (Å²) in [5, 5.41) is 3.34. The highest BCUT2D eigenvalue weighted by Gasteiger charge is 2.33. The largest absolute Gasteiger partial charge is 0.573 e. The van der Waals surface area contributed by atoms with Crippen molar-refractivity contribution >= 4 is 0 Å². The summed E-state index contributed by atoms with van der Waals surface area (Å²) in [6.07, 6.45) is -2.61. The number of halogens is 3. The molecule has 1 aromatic rings. The van der Waals surface area contributed by atoms with Crippen LogP contribution in [0.4, 0.5) is 13.2 Å². The minimum Gasteiger partial charge on any atom is -0.496 e. The van der Waals surface area contributed by atoms with Gasteiger partial charge < -0.3 is 14.8 Å². The van der Waals surface area contributed by atoms with Gasteiger partial charge in [-0.1, -0.05) is 26.3 Å². The second-order valence-electron chi connectivity index (χ2n) is 6.45. The molecule has 2 rings (SSSR count). The Kier molecular flexibility index (Phi) is 6.95. The summed E-state index contributed by atoms with van der Waals surface area (Å²) in [5.41, 5.74) is 0.917. The van der Waals surface area contributed by atoms with Crippen LogP contribution in [0.15, 0.2) is 18.2 Å². The van der Waals surface area contributed by atoms with Crippen LogP contribution in [-0.2, 0) is 0 Å². The van der Waals surface area contributed by atoms with E-state index in [1.807, 2.05) is 0 Å². The van der Waals surface area contributed by atoms with Crippen molar-refractivity contribution in [3.63, 3.8) is 0 Å². The fourth-order valence-electron chi connectivity index (χ4n) is 3.57. The Bertz CT molecular complexity index is 546. The molecule has 1 heterocycles. The van der Waals surface area contributed by atoms with Crippen molar-refractivity contribution in [2.24, 2.45) is 5.92 Å². The van der Waals surface area contributed by atoms with Crippen molar-refractivity contribution in [2.45, 2.75) is 39.1 Å². The summed E-state index contributed by atoms with van der Waals surface area (Å²) in [4.78, 5) is 2.39. The van der Waals surface area contributed by atoms with Crippen molar-refractivity contribution < 1.29 is 22.6 Å². The van der Waals surface area contributed by atoms with Gasteiger partial charge >= 0.3 is 6.36 Å². The van der Waals surface area contributed by atoms with Gasteiger partial charge in [0.25, 0.3) is 0 Å². The van der Waals surface area contributed by atoms with E-state index in [0.29, 0.717) is 11.7 Å². The summed E-state index contributed by atoms with van der Waals surface area (Å²) in [7, 11) is 1.48. The van der Waals surface area contributed by atoms with Gasteiger partial charge in [-0.15, -0.1) is 13.2 Å². The Labute approximate surface area is 147 Å². The Morgan fingerprint density at radius 1 is 1.24 bits per heavy atom. The molecule has 1 aromatic carbocycles. The molecule has 0 amide bonds. The summed E-state index contributed by atoms with van der Waals surface area (Å²) >= 11 is 0. The molecule has 2 atom stereocenters. The highest BCUT2D eigenvalue weighted by molar-refractivity contribution is 5.43. The monoisotopic (exact) mass is 360 g/mol. The van der Waals surface area contributed by atoms with Crippen molar-refractivity contribution in [3.8, 4) is 11.5 Å². The molecule has 1 saturated heterocycles. The molecule has 1 aliphatic rings. The van der Waals surface area contributed by atoms with E-state index in [1.54, 1.807) is 6.07 Å². The average molecular weight is 360 g/mol. The van der Waals surface area contributed by atoms with E-state index >= 15 is 0 Å². The first-order valence-electron chi connectivity index (χ1n) is 8.74. The topological polar surface area (TPSA) is 33.7 Å². The fraction of sp³-hybridized carbons (Fsp3) is 0.667. The highest BCUT2D eigenvalue weighted by atomic mass is 19.4. The SMILES string of the molecule is CCCC(C)[C@H](c1ccc(OC(F)(F)F)cc1OC)N1CCNCC1. The van der Waals surface area contributed by atoms with E-state index in [0.717, 1.165) is 44.6 Å². The molecule has 1 aliphatic heterocycles. The molecule has 1 fully saturated rings. The predicted octanol–water partition coefficient (Wildman–Crippen LogP) is 3.98. The van der Waals surface area contributed by atoms with E-state index in [-0.39, 0.29) is 11.8 Å². The van der Waals surface area contributed by atoms with Crippen molar-refractivity contribution in [2.75, 3.05) is 33.3 Å². The quantitative estimate of drug-likeness (QED) is 0.798. The maximum atomic E-state index is 12.5. The molecule has 0 bridgehead atoms. The van der Waals surface area contributed by atoms with Crippen molar-refractivity contribution in [3.05, 3.63) is 23.8 Å². The molecule has 0 aliphatic carbocycles. The minimum atomic E-state index is -4.71. The van der Waals surface area contributed by atoms with E-state index < -0.39 is 6.36 Å². The molecule has 4 nitrogen and oxygen atoms in total. The van der Waals surface area contributed by atoms with Gasteiger partial charge in [-0.05, 0) is 18.4 Å². The third-order valence-electron chi connectivity index (χ3n) is 4.59. The number of hydrogen-bond acceptors (Lipinski definition) is 4. The number of nitrogens with one attached hydrogen (secondary N) is 1. The van der Waals surface area contributed by atoms with Crippen LogP contribution in [0.2, 0.25) is 0 Å². The molecule has 0 aromatic heterocycles. The van der Waals surface area contributed by atoms with Crippen LogP contribution in [0.25, 0.3) is 0 Å². The van der Waals surface area contributed by atoms with E-state index in [9.17, 15) is 13.2 Å². The second kappa shape index (κ2) is 8.76. The third kappa shape index (κ3) is 5.51. The number of benzene rings is 1. The lowest BCUT2D eigenvalue weighted by molar-refractivity contribution is -0.274. The second-order valence-corrected chi connectivity index (χ2v) is 6.45. The van der Waals surface area contributed by atoms with Crippen molar-refractivity contribution in [1.29, 1.82) is 0 Å². The number of ether oxygens (including phenoxy) is 2. The van der Waals surface area contributed by atoms with Gasteiger partial charge in [-0.25, -0.2) is 0 Å². The van der Waals surface area contributed by atoms with E-state index in [2.05, 4.69) is 28.8 Å². The summed E-state index contributed by atoms with van der Waals surface area (Å²) in [6, 6.07) is 4.52. The van der Waals surface area contributed by atoms with E-state index in [1.165, 1.54) is 19.2 Å². The zero-order chi connectivity index (χ0) is 18.4. The van der Waals surface area contributed by atoms with Gasteiger partial charge in [0.1, 0.15) is 11.5 Å². The molecule has 1 unspecified atom stereocenters. The van der Waals surface area contributed by atoms with Crippen LogP contribution in [0, 0.1) is 5.92 Å². The number of rotatable bonds is 7. The molecule has 0 radical (unpaired) electrons. The average Bonchev–Trinajstić information content (AvgIpc) is 2.56. The van der Waals surface area contributed by atoms with Gasteiger partial charge in [0.05, 0.1) is 7.11 Å². The van der Waals surface area contributed by atoms with Crippen molar-refractivity contribution in [1.82, 2.24) is 10.2 Å². The van der Waals surface area contributed by atoms with Gasteiger partial charge in [-0.2, -0.15) is 0 Å². The standard InChI is InChI=1S/C18H27F3N2O2/c1-4-5-13(2)17(23-10-8-22-9-11-23)15-7-6-14(12-16(15)24-3)25-18(19,20)21/h6-7,12-13,17,22H,4-5,8-11H2,1-3H3/t13?,17-/m1/s1. The molecular formula is C18H27F3N2O2. The number of alkyl halides is 3. The fourth-order valence-corrected chi connectivity index (χ4v) is 3.57. The Balaban J connectivity index is 2.34. The van der Waals surface area contributed by atoms with Gasteiger partial charge in [-0.3, -0.25) is 4.90 Å². The van der Waals surface area contributed by atoms with Crippen LogP contribution in [0.5, 0.6) is 11.5 Å². The van der Waals surface area contributed by atoms with E-state index in [4.69, 9.17) is 4.74 Å². The van der Waals surface area contributed by atoms with Crippen LogP contribution in [0.1, 0.15) is 38.3 Å². The molecule has 142 valence electrons. The lowest BCUT2D eigenvalue weighted by atomic mass is 9.88. The lowest BCUT2D eigenvalue weighted by Crippen LogP contribution is -2.46. The first-order valence-corrected chi connectivity index (χ1v) is 8.74. The zero-order valence-corrected chi connectivity index (χ0v) is 15.0. The van der Waals surface area contributed by atoms with Crippen LogP contribution >= 0.6 is 0 Å². The smallest absolute Gasteiger partial charge is 0.496 e. The minimum absolute atomic E-state index is 0.108. The normalized spacial score (nSPS) is 18.6. The lowest BCUT2D eigenvalue weighted by Gasteiger charge is -2.39. The van der Waals surface area contributed by atoms with Crippen LogP contribution in [0.3, 0.4) is 0 Å². The predicted molar refractivity (Wildman–Crippen MR) is 90.9 cm³/mol. The Hall–Kier alpha value is -1.47. The summed E-state index contributed by atoms with van der Waals surface area (Å²) in [6.45, 7) is 7.96. The number of methoxy groups -OCH3 is 1. The zero-order valence-electron chi connectivity index (χ0n) is 15.0. The van der Waals surface area contributed by atoms with Crippen LogP contribution in [-0.4, -0.2) is 44.6 Å². The molecule has 7 heteroatoms. The third-order valence-corrected chi connectivity index (χ3v) is 4.59. The number of piperazine rings is 1. The molecular weight excluding hydrogens is 333 g/mol. The molecule has 25 heavy (non-hydrogen) atoms. The maximum absolute atomic E-state index is 12.5. The molecule has 0 saturated carbocycles. The summed E-state index contributed by atoms with van der Waals surface area (Å²) in [5.74, 6) is 0.551. The Morgan fingerprint density at radius 3 is 2.48 bits per heavy atom. The summed E-state index contributed by atoms with van der Waals surface area (Å²) < 4.78 is 46.9.